The molecule has 0 amide bonds. The highest BCUT2D eigenvalue weighted by Crippen LogP contribution is 2.15. The van der Waals surface area contributed by atoms with Gasteiger partial charge in [-0.3, -0.25) is 9.89 Å². The van der Waals surface area contributed by atoms with Crippen LogP contribution in [0.2, 0.25) is 0 Å². The molecule has 1 atom stereocenters. The summed E-state index contributed by atoms with van der Waals surface area (Å²) in [6.45, 7) is 10.2. The first-order chi connectivity index (χ1) is 15.2. The molecule has 2 aliphatic rings. The fourth-order valence-corrected chi connectivity index (χ4v) is 4.33. The van der Waals surface area contributed by atoms with Crippen LogP contribution in [0.3, 0.4) is 0 Å². The summed E-state index contributed by atoms with van der Waals surface area (Å²) in [6, 6.07) is 8.87. The second-order valence-corrected chi connectivity index (χ2v) is 8.54. The zero-order valence-corrected chi connectivity index (χ0v) is 22.3. The van der Waals surface area contributed by atoms with Gasteiger partial charge in [-0.15, -0.1) is 24.0 Å². The van der Waals surface area contributed by atoms with Crippen LogP contribution in [0.5, 0.6) is 0 Å². The number of benzene rings is 1. The van der Waals surface area contributed by atoms with Crippen molar-refractivity contribution in [3.63, 3.8) is 0 Å². The molecule has 32 heavy (non-hydrogen) atoms. The quantitative estimate of drug-likeness (QED) is 0.217. The first-order valence-electron chi connectivity index (χ1n) is 11.7. The Morgan fingerprint density at radius 2 is 1.97 bits per heavy atom. The van der Waals surface area contributed by atoms with Crippen LogP contribution >= 0.6 is 24.0 Å². The summed E-state index contributed by atoms with van der Waals surface area (Å²) in [7, 11) is 3.60. The molecule has 1 aromatic carbocycles. The van der Waals surface area contributed by atoms with Crippen LogP contribution < -0.4 is 5.32 Å². The standard InChI is InChI=1S/C24H40N4O3.HI/c1-20-18-27(12-15-30-20)19-22-7-4-6-21(16-22)17-26-24(25-2)28-10-8-23(9-11-28)31-14-5-13-29-3;/h4,6-7,16,20,23H,5,8-15,17-19H2,1-3H3,(H,25,26);1H. The van der Waals surface area contributed by atoms with Crippen LogP contribution in [0, 0.1) is 0 Å². The van der Waals surface area contributed by atoms with Gasteiger partial charge in [0.15, 0.2) is 5.96 Å². The third-order valence-corrected chi connectivity index (χ3v) is 5.97. The maximum atomic E-state index is 5.98. The minimum absolute atomic E-state index is 0. The maximum Gasteiger partial charge on any atom is 0.193 e. The maximum absolute atomic E-state index is 5.98. The van der Waals surface area contributed by atoms with E-state index >= 15 is 0 Å². The van der Waals surface area contributed by atoms with Gasteiger partial charge in [-0.25, -0.2) is 0 Å². The lowest BCUT2D eigenvalue weighted by molar-refractivity contribution is -0.0212. The second-order valence-electron chi connectivity index (χ2n) is 8.54. The van der Waals surface area contributed by atoms with E-state index in [4.69, 9.17) is 14.2 Å². The molecule has 3 rings (SSSR count). The molecule has 1 aromatic rings. The van der Waals surface area contributed by atoms with Gasteiger partial charge in [0.2, 0.25) is 0 Å². The number of guanidine groups is 1. The van der Waals surface area contributed by atoms with Crippen molar-refractivity contribution in [1.29, 1.82) is 0 Å². The van der Waals surface area contributed by atoms with Gasteiger partial charge in [0.05, 0.1) is 18.8 Å². The van der Waals surface area contributed by atoms with Crippen molar-refractivity contribution < 1.29 is 14.2 Å². The zero-order chi connectivity index (χ0) is 21.9. The van der Waals surface area contributed by atoms with Crippen molar-refractivity contribution in [3.8, 4) is 0 Å². The SMILES string of the molecule is CN=C(NCc1cccc(CN2CCOC(C)C2)c1)N1CCC(OCCCOC)CC1.I. The number of morpholine rings is 1. The fourth-order valence-electron chi connectivity index (χ4n) is 4.33. The van der Waals surface area contributed by atoms with Crippen LogP contribution in [-0.2, 0) is 27.3 Å². The third kappa shape index (κ3) is 9.13. The number of nitrogens with zero attached hydrogens (tertiary/aromatic N) is 3. The van der Waals surface area contributed by atoms with E-state index in [-0.39, 0.29) is 24.0 Å². The van der Waals surface area contributed by atoms with Crippen molar-refractivity contribution in [2.45, 2.75) is 51.5 Å². The molecule has 0 aromatic heterocycles. The Labute approximate surface area is 210 Å². The Morgan fingerprint density at radius 3 is 2.69 bits per heavy atom. The Morgan fingerprint density at radius 1 is 1.19 bits per heavy atom. The van der Waals surface area contributed by atoms with Gasteiger partial charge in [-0.1, -0.05) is 24.3 Å². The lowest BCUT2D eigenvalue weighted by Gasteiger charge is -2.34. The number of piperidine rings is 1. The average molecular weight is 561 g/mol. The van der Waals surface area contributed by atoms with Crippen molar-refractivity contribution in [1.82, 2.24) is 15.1 Å². The van der Waals surface area contributed by atoms with E-state index < -0.39 is 0 Å². The number of rotatable bonds is 9. The smallest absolute Gasteiger partial charge is 0.193 e. The molecule has 8 heteroatoms. The van der Waals surface area contributed by atoms with Gasteiger partial charge in [0, 0.05) is 66.6 Å². The van der Waals surface area contributed by atoms with Crippen LogP contribution in [0.15, 0.2) is 29.3 Å². The summed E-state index contributed by atoms with van der Waals surface area (Å²) in [6.07, 6.45) is 3.72. The molecule has 0 bridgehead atoms. The number of likely N-dealkylation sites (tertiary alicyclic amines) is 1. The number of halogens is 1. The molecule has 0 saturated carbocycles. The van der Waals surface area contributed by atoms with Gasteiger partial charge >= 0.3 is 0 Å². The van der Waals surface area contributed by atoms with Crippen molar-refractivity contribution in [3.05, 3.63) is 35.4 Å². The molecule has 1 N–H and O–H groups in total. The van der Waals surface area contributed by atoms with Gasteiger partial charge in [-0.2, -0.15) is 0 Å². The number of methoxy groups -OCH3 is 1. The molecule has 182 valence electrons. The third-order valence-electron chi connectivity index (χ3n) is 5.97. The first-order valence-corrected chi connectivity index (χ1v) is 11.7. The van der Waals surface area contributed by atoms with E-state index in [2.05, 4.69) is 51.3 Å². The predicted octanol–water partition coefficient (Wildman–Crippen LogP) is 3.12. The lowest BCUT2D eigenvalue weighted by Crippen LogP contribution is -2.46. The van der Waals surface area contributed by atoms with Crippen LogP contribution in [0.25, 0.3) is 0 Å². The average Bonchev–Trinajstić information content (AvgIpc) is 2.78. The summed E-state index contributed by atoms with van der Waals surface area (Å²) in [4.78, 5) is 9.33. The monoisotopic (exact) mass is 560 g/mol. The summed E-state index contributed by atoms with van der Waals surface area (Å²) >= 11 is 0. The highest BCUT2D eigenvalue weighted by molar-refractivity contribution is 14.0. The highest BCUT2D eigenvalue weighted by atomic mass is 127. The number of nitrogens with one attached hydrogen (secondary N) is 1. The molecule has 0 radical (unpaired) electrons. The Hall–Kier alpha value is -0.940. The van der Waals surface area contributed by atoms with Gasteiger partial charge in [0.25, 0.3) is 0 Å². The van der Waals surface area contributed by atoms with Gasteiger partial charge in [0.1, 0.15) is 0 Å². The number of ether oxygens (including phenoxy) is 3. The molecule has 2 aliphatic heterocycles. The molecule has 1 unspecified atom stereocenters. The Balaban J connectivity index is 0.00000363. The summed E-state index contributed by atoms with van der Waals surface area (Å²) in [5.41, 5.74) is 2.64. The van der Waals surface area contributed by atoms with Gasteiger partial charge in [-0.05, 0) is 37.3 Å². The Kier molecular flexibility index (Phi) is 12.8. The lowest BCUT2D eigenvalue weighted by atomic mass is 10.1. The predicted molar refractivity (Wildman–Crippen MR) is 140 cm³/mol. The van der Waals surface area contributed by atoms with E-state index in [0.717, 1.165) is 84.3 Å². The first kappa shape index (κ1) is 27.3. The van der Waals surface area contributed by atoms with Crippen molar-refractivity contribution >= 4 is 29.9 Å². The largest absolute Gasteiger partial charge is 0.385 e. The number of hydrogen-bond donors (Lipinski definition) is 1. The van der Waals surface area contributed by atoms with E-state index in [0.29, 0.717) is 12.2 Å². The van der Waals surface area contributed by atoms with E-state index in [1.54, 1.807) is 7.11 Å². The zero-order valence-electron chi connectivity index (χ0n) is 19.9. The molecule has 2 heterocycles. The minimum Gasteiger partial charge on any atom is -0.385 e. The van der Waals surface area contributed by atoms with Crippen molar-refractivity contribution in [2.75, 3.05) is 60.2 Å². The fraction of sp³-hybridized carbons (Fsp3) is 0.708. The van der Waals surface area contributed by atoms with Crippen molar-refractivity contribution in [2.24, 2.45) is 4.99 Å². The number of aliphatic imine (C=N–C) groups is 1. The van der Waals surface area contributed by atoms with E-state index in [1.165, 1.54) is 11.1 Å². The van der Waals surface area contributed by atoms with Crippen LogP contribution in [0.4, 0.5) is 0 Å². The number of hydrogen-bond acceptors (Lipinski definition) is 5. The molecular weight excluding hydrogens is 519 g/mol. The molecular formula is C24H41IN4O3. The minimum atomic E-state index is 0. The van der Waals surface area contributed by atoms with Crippen LogP contribution in [0.1, 0.15) is 37.3 Å². The molecule has 2 saturated heterocycles. The highest BCUT2D eigenvalue weighted by Gasteiger charge is 2.22. The second kappa shape index (κ2) is 15.1. The normalized spacial score (nSPS) is 20.8. The summed E-state index contributed by atoms with van der Waals surface area (Å²) in [5, 5.41) is 3.55. The van der Waals surface area contributed by atoms with E-state index in [1.807, 2.05) is 7.05 Å². The summed E-state index contributed by atoms with van der Waals surface area (Å²) < 4.78 is 16.7. The molecule has 0 aliphatic carbocycles. The Bertz CT molecular complexity index is 683. The van der Waals surface area contributed by atoms with Gasteiger partial charge < -0.3 is 24.4 Å². The molecule has 0 spiro atoms. The molecule has 7 nitrogen and oxygen atoms in total. The topological polar surface area (TPSA) is 58.6 Å². The summed E-state index contributed by atoms with van der Waals surface area (Å²) in [5.74, 6) is 0.977. The molecule has 2 fully saturated rings. The van der Waals surface area contributed by atoms with Crippen LogP contribution in [-0.4, -0.2) is 88.1 Å². The van der Waals surface area contributed by atoms with E-state index in [9.17, 15) is 0 Å².